The van der Waals surface area contributed by atoms with Gasteiger partial charge in [0.1, 0.15) is 0 Å². The van der Waals surface area contributed by atoms with Gasteiger partial charge in [0.05, 0.1) is 6.04 Å². The van der Waals surface area contributed by atoms with Crippen LogP contribution in [-0.2, 0) is 4.79 Å². The molecule has 1 unspecified atom stereocenters. The highest BCUT2D eigenvalue weighted by Crippen LogP contribution is 2.21. The van der Waals surface area contributed by atoms with Crippen LogP contribution in [0.1, 0.15) is 38.5 Å². The van der Waals surface area contributed by atoms with E-state index in [1.54, 1.807) is 5.57 Å². The average molecular weight is 222 g/mol. The molecule has 0 aromatic rings. The number of nitrogens with zero attached hydrogens (tertiary/aromatic N) is 1. The van der Waals surface area contributed by atoms with Crippen molar-refractivity contribution in [3.63, 3.8) is 0 Å². The van der Waals surface area contributed by atoms with Gasteiger partial charge >= 0.3 is 0 Å². The van der Waals surface area contributed by atoms with Crippen LogP contribution in [-0.4, -0.2) is 37.0 Å². The Morgan fingerprint density at radius 2 is 2.38 bits per heavy atom. The monoisotopic (exact) mass is 222 g/mol. The predicted octanol–water partition coefficient (Wildman–Crippen LogP) is 1.70. The summed E-state index contributed by atoms with van der Waals surface area (Å²) in [6, 6.07) is 0.0614. The van der Waals surface area contributed by atoms with E-state index < -0.39 is 0 Å². The normalized spacial score (nSPS) is 26.1. The summed E-state index contributed by atoms with van der Waals surface area (Å²) >= 11 is 0. The van der Waals surface area contributed by atoms with Crippen molar-refractivity contribution in [3.8, 4) is 0 Å². The molecule has 1 aliphatic carbocycles. The zero-order valence-electron chi connectivity index (χ0n) is 10.2. The van der Waals surface area contributed by atoms with Crippen LogP contribution >= 0.6 is 0 Å². The smallest absolute Gasteiger partial charge is 0.239 e. The summed E-state index contributed by atoms with van der Waals surface area (Å²) in [5.74, 6) is 0.298. The number of rotatable bonds is 4. The maximum absolute atomic E-state index is 12.0. The van der Waals surface area contributed by atoms with Crippen molar-refractivity contribution in [2.75, 3.05) is 20.1 Å². The van der Waals surface area contributed by atoms with Crippen LogP contribution in [0.2, 0.25) is 0 Å². The van der Waals surface area contributed by atoms with Crippen LogP contribution in [0.5, 0.6) is 0 Å². The van der Waals surface area contributed by atoms with Crippen molar-refractivity contribution >= 4 is 5.91 Å². The minimum absolute atomic E-state index is 0.0614. The topological polar surface area (TPSA) is 32.3 Å². The van der Waals surface area contributed by atoms with Gasteiger partial charge in [0.2, 0.25) is 5.91 Å². The van der Waals surface area contributed by atoms with Crippen LogP contribution < -0.4 is 5.32 Å². The zero-order valence-corrected chi connectivity index (χ0v) is 10.2. The van der Waals surface area contributed by atoms with Crippen LogP contribution in [0.25, 0.3) is 0 Å². The van der Waals surface area contributed by atoms with Gasteiger partial charge in [0, 0.05) is 13.1 Å². The van der Waals surface area contributed by atoms with Gasteiger partial charge in [-0.05, 0) is 45.6 Å². The molecule has 2 aliphatic rings. The van der Waals surface area contributed by atoms with Crippen LogP contribution in [0.15, 0.2) is 11.6 Å². The Hall–Kier alpha value is -0.830. The summed E-state index contributed by atoms with van der Waals surface area (Å²) in [5.41, 5.74) is 1.55. The van der Waals surface area contributed by atoms with Crippen molar-refractivity contribution in [1.82, 2.24) is 10.2 Å². The van der Waals surface area contributed by atoms with Gasteiger partial charge in [-0.2, -0.15) is 0 Å². The summed E-state index contributed by atoms with van der Waals surface area (Å²) in [5, 5.41) is 3.11. The predicted molar refractivity (Wildman–Crippen MR) is 65.2 cm³/mol. The molecule has 0 aromatic carbocycles. The van der Waals surface area contributed by atoms with Crippen molar-refractivity contribution in [2.24, 2.45) is 0 Å². The molecule has 0 saturated carbocycles. The van der Waals surface area contributed by atoms with E-state index >= 15 is 0 Å². The minimum atomic E-state index is 0.0614. The number of amides is 1. The number of nitrogens with one attached hydrogen (secondary N) is 1. The lowest BCUT2D eigenvalue weighted by molar-refractivity contribution is -0.135. The minimum Gasteiger partial charge on any atom is -0.341 e. The highest BCUT2D eigenvalue weighted by molar-refractivity contribution is 5.82. The molecule has 0 aromatic heterocycles. The van der Waals surface area contributed by atoms with E-state index in [4.69, 9.17) is 0 Å². The first-order chi connectivity index (χ1) is 7.81. The quantitative estimate of drug-likeness (QED) is 0.734. The number of likely N-dealkylation sites (N-methyl/N-ethyl adjacent to an activating group) is 1. The van der Waals surface area contributed by atoms with E-state index in [1.807, 2.05) is 11.9 Å². The Kier molecular flexibility index (Phi) is 3.99. The Morgan fingerprint density at radius 1 is 1.50 bits per heavy atom. The van der Waals surface area contributed by atoms with Crippen molar-refractivity contribution < 1.29 is 4.79 Å². The van der Waals surface area contributed by atoms with Gasteiger partial charge in [-0.1, -0.05) is 11.6 Å². The van der Waals surface area contributed by atoms with E-state index in [0.717, 1.165) is 32.4 Å². The molecule has 1 amide bonds. The van der Waals surface area contributed by atoms with Crippen LogP contribution in [0, 0.1) is 0 Å². The van der Waals surface area contributed by atoms with Gasteiger partial charge in [-0.25, -0.2) is 0 Å². The first-order valence-corrected chi connectivity index (χ1v) is 6.45. The summed E-state index contributed by atoms with van der Waals surface area (Å²) in [7, 11) is 1.88. The standard InChI is InChI=1S/C13H22N2O/c1-14-12-7-4-9-15(13(12)16)10-8-11-5-2-3-6-11/h5,12,14H,2-4,6-10H2,1H3. The number of hydrogen-bond acceptors (Lipinski definition) is 2. The fourth-order valence-corrected chi connectivity index (χ4v) is 2.67. The second-order valence-electron chi connectivity index (χ2n) is 4.81. The molecule has 1 aliphatic heterocycles. The van der Waals surface area contributed by atoms with Gasteiger partial charge in [0.15, 0.2) is 0 Å². The fourth-order valence-electron chi connectivity index (χ4n) is 2.67. The Bertz CT molecular complexity index is 286. The molecule has 0 radical (unpaired) electrons. The maximum Gasteiger partial charge on any atom is 0.239 e. The first kappa shape index (κ1) is 11.6. The van der Waals surface area contributed by atoms with Gasteiger partial charge in [-0.3, -0.25) is 4.79 Å². The second-order valence-corrected chi connectivity index (χ2v) is 4.81. The molecule has 3 heteroatoms. The summed E-state index contributed by atoms with van der Waals surface area (Å²) in [4.78, 5) is 14.0. The number of allylic oxidation sites excluding steroid dienone is 1. The van der Waals surface area contributed by atoms with Gasteiger partial charge < -0.3 is 10.2 Å². The number of hydrogen-bond donors (Lipinski definition) is 1. The Balaban J connectivity index is 1.81. The van der Waals surface area contributed by atoms with Gasteiger partial charge in [-0.15, -0.1) is 0 Å². The lowest BCUT2D eigenvalue weighted by Gasteiger charge is -2.32. The molecule has 0 spiro atoms. The maximum atomic E-state index is 12.0. The number of carbonyl (C=O) groups excluding carboxylic acids is 1. The van der Waals surface area contributed by atoms with Crippen molar-refractivity contribution in [1.29, 1.82) is 0 Å². The molecular formula is C13H22N2O. The molecule has 1 heterocycles. The van der Waals surface area contributed by atoms with E-state index in [2.05, 4.69) is 11.4 Å². The van der Waals surface area contributed by atoms with Crippen molar-refractivity contribution in [2.45, 2.75) is 44.6 Å². The first-order valence-electron chi connectivity index (χ1n) is 6.45. The lowest BCUT2D eigenvalue weighted by Crippen LogP contribution is -2.49. The average Bonchev–Trinajstić information content (AvgIpc) is 2.81. The number of likely N-dealkylation sites (tertiary alicyclic amines) is 1. The number of piperidine rings is 1. The Labute approximate surface area is 97.9 Å². The molecule has 3 nitrogen and oxygen atoms in total. The highest BCUT2D eigenvalue weighted by Gasteiger charge is 2.26. The van der Waals surface area contributed by atoms with E-state index in [0.29, 0.717) is 5.91 Å². The molecule has 16 heavy (non-hydrogen) atoms. The Morgan fingerprint density at radius 3 is 3.06 bits per heavy atom. The molecule has 0 bridgehead atoms. The summed E-state index contributed by atoms with van der Waals surface area (Å²) < 4.78 is 0. The molecular weight excluding hydrogens is 200 g/mol. The van der Waals surface area contributed by atoms with Crippen LogP contribution in [0.3, 0.4) is 0 Å². The largest absolute Gasteiger partial charge is 0.341 e. The molecule has 90 valence electrons. The lowest BCUT2D eigenvalue weighted by atomic mass is 10.0. The summed E-state index contributed by atoms with van der Waals surface area (Å²) in [6.45, 7) is 1.87. The second kappa shape index (κ2) is 5.48. The molecule has 1 saturated heterocycles. The summed E-state index contributed by atoms with van der Waals surface area (Å²) in [6.07, 6.45) is 9.36. The fraction of sp³-hybridized carbons (Fsp3) is 0.769. The molecule has 1 N–H and O–H groups in total. The molecule has 1 atom stereocenters. The van der Waals surface area contributed by atoms with Crippen LogP contribution in [0.4, 0.5) is 0 Å². The van der Waals surface area contributed by atoms with E-state index in [9.17, 15) is 4.79 Å². The zero-order chi connectivity index (χ0) is 11.4. The molecule has 2 rings (SSSR count). The highest BCUT2D eigenvalue weighted by atomic mass is 16.2. The number of carbonyl (C=O) groups is 1. The van der Waals surface area contributed by atoms with Gasteiger partial charge in [0.25, 0.3) is 0 Å². The SMILES string of the molecule is CNC1CCCN(CCC2=CCCC2)C1=O. The third kappa shape index (κ3) is 2.64. The third-order valence-electron chi connectivity index (χ3n) is 3.72. The van der Waals surface area contributed by atoms with E-state index in [1.165, 1.54) is 19.3 Å². The van der Waals surface area contributed by atoms with Crippen molar-refractivity contribution in [3.05, 3.63) is 11.6 Å². The van der Waals surface area contributed by atoms with E-state index in [-0.39, 0.29) is 6.04 Å². The molecule has 1 fully saturated rings. The third-order valence-corrected chi connectivity index (χ3v) is 3.72.